The first-order valence-corrected chi connectivity index (χ1v) is 8.63. The van der Waals surface area contributed by atoms with Crippen LogP contribution in [-0.2, 0) is 4.79 Å². The molecule has 2 amide bonds. The maximum absolute atomic E-state index is 13.7. The number of piperazine rings is 1. The van der Waals surface area contributed by atoms with Gasteiger partial charge in [0.15, 0.2) is 0 Å². The highest BCUT2D eigenvalue weighted by Gasteiger charge is 2.20. The van der Waals surface area contributed by atoms with Crippen molar-refractivity contribution < 1.29 is 14.0 Å². The van der Waals surface area contributed by atoms with Gasteiger partial charge in [0.25, 0.3) is 5.91 Å². The van der Waals surface area contributed by atoms with Crippen LogP contribution in [0.15, 0.2) is 42.6 Å². The summed E-state index contributed by atoms with van der Waals surface area (Å²) in [5, 5.41) is 2.65. The van der Waals surface area contributed by atoms with Crippen LogP contribution in [0.25, 0.3) is 0 Å². The molecule has 0 atom stereocenters. The molecular weight excluding hydrogens is 335 g/mol. The summed E-state index contributed by atoms with van der Waals surface area (Å²) in [7, 11) is 0. The number of anilines is 2. The van der Waals surface area contributed by atoms with Gasteiger partial charge in [0.1, 0.15) is 11.6 Å². The van der Waals surface area contributed by atoms with Crippen LogP contribution in [0.2, 0.25) is 0 Å². The van der Waals surface area contributed by atoms with Crippen molar-refractivity contribution in [1.29, 1.82) is 0 Å². The zero-order valence-corrected chi connectivity index (χ0v) is 14.6. The third-order valence-corrected chi connectivity index (χ3v) is 4.38. The maximum atomic E-state index is 13.7. The van der Waals surface area contributed by atoms with Crippen molar-refractivity contribution >= 4 is 23.3 Å². The highest BCUT2D eigenvalue weighted by Crippen LogP contribution is 2.17. The van der Waals surface area contributed by atoms with Crippen molar-refractivity contribution in [1.82, 2.24) is 9.88 Å². The highest BCUT2D eigenvalue weighted by molar-refractivity contribution is 6.04. The Hall–Kier alpha value is -2.96. The minimum atomic E-state index is -0.561. The largest absolute Gasteiger partial charge is 0.353 e. The minimum Gasteiger partial charge on any atom is -0.353 e. The molecule has 0 aliphatic carbocycles. The van der Waals surface area contributed by atoms with E-state index in [0.717, 1.165) is 18.9 Å². The number of carbonyl (C=O) groups is 2. The fourth-order valence-electron chi connectivity index (χ4n) is 2.90. The van der Waals surface area contributed by atoms with E-state index < -0.39 is 11.7 Å². The number of hydrogen-bond donors (Lipinski definition) is 1. The van der Waals surface area contributed by atoms with E-state index in [4.69, 9.17) is 0 Å². The maximum Gasteiger partial charge on any atom is 0.258 e. The Bertz CT molecular complexity index is 786. The number of nitrogens with one attached hydrogen (secondary N) is 1. The quantitative estimate of drug-likeness (QED) is 0.914. The molecule has 2 aromatic rings. The average molecular weight is 356 g/mol. The molecule has 1 aliphatic rings. The van der Waals surface area contributed by atoms with Gasteiger partial charge >= 0.3 is 0 Å². The molecule has 0 unspecified atom stereocenters. The summed E-state index contributed by atoms with van der Waals surface area (Å²) in [6.07, 6.45) is 2.08. The van der Waals surface area contributed by atoms with E-state index in [1.165, 1.54) is 18.2 Å². The van der Waals surface area contributed by atoms with Gasteiger partial charge in [-0.25, -0.2) is 9.37 Å². The van der Waals surface area contributed by atoms with E-state index in [-0.39, 0.29) is 11.5 Å². The molecule has 0 bridgehead atoms. The van der Waals surface area contributed by atoms with Gasteiger partial charge in [-0.15, -0.1) is 0 Å². The number of aromatic nitrogens is 1. The Morgan fingerprint density at radius 3 is 2.46 bits per heavy atom. The van der Waals surface area contributed by atoms with E-state index in [1.54, 1.807) is 18.3 Å². The monoisotopic (exact) mass is 356 g/mol. The summed E-state index contributed by atoms with van der Waals surface area (Å²) in [5.41, 5.74) is 0.495. The van der Waals surface area contributed by atoms with Gasteiger partial charge in [0.05, 0.1) is 17.4 Å². The van der Waals surface area contributed by atoms with Gasteiger partial charge in [-0.2, -0.15) is 0 Å². The number of amides is 2. The summed E-state index contributed by atoms with van der Waals surface area (Å²) in [6, 6.07) is 9.39. The molecule has 1 aromatic heterocycles. The van der Waals surface area contributed by atoms with Crippen LogP contribution in [-0.4, -0.2) is 47.9 Å². The molecule has 0 radical (unpaired) electrons. The summed E-state index contributed by atoms with van der Waals surface area (Å²) in [4.78, 5) is 32.2. The Labute approximate surface area is 151 Å². The zero-order chi connectivity index (χ0) is 18.5. The molecule has 136 valence electrons. The van der Waals surface area contributed by atoms with E-state index in [2.05, 4.69) is 15.2 Å². The predicted molar refractivity (Wildman–Crippen MR) is 97.7 cm³/mol. The molecule has 1 N–H and O–H groups in total. The van der Waals surface area contributed by atoms with Crippen LogP contribution in [0, 0.1) is 5.82 Å². The van der Waals surface area contributed by atoms with Crippen LogP contribution < -0.4 is 10.2 Å². The summed E-state index contributed by atoms with van der Waals surface area (Å²) < 4.78 is 13.7. The third-order valence-electron chi connectivity index (χ3n) is 4.38. The smallest absolute Gasteiger partial charge is 0.258 e. The lowest BCUT2D eigenvalue weighted by molar-refractivity contribution is -0.131. The van der Waals surface area contributed by atoms with E-state index >= 15 is 0 Å². The van der Waals surface area contributed by atoms with Crippen molar-refractivity contribution in [2.75, 3.05) is 36.4 Å². The number of halogens is 1. The van der Waals surface area contributed by atoms with Gasteiger partial charge in [-0.3, -0.25) is 9.59 Å². The van der Waals surface area contributed by atoms with Gasteiger partial charge in [-0.05, 0) is 24.3 Å². The molecule has 0 saturated carbocycles. The number of carbonyl (C=O) groups excluding carboxylic acids is 2. The SMILES string of the molecule is CCC(=O)N1CCN(c2ccc(NC(=O)c3ccccc3F)cn2)CC1. The molecule has 3 rings (SSSR count). The van der Waals surface area contributed by atoms with Crippen molar-refractivity contribution in [3.05, 3.63) is 54.0 Å². The number of pyridine rings is 1. The molecule has 6 nitrogen and oxygen atoms in total. The second-order valence-electron chi connectivity index (χ2n) is 6.06. The van der Waals surface area contributed by atoms with Crippen molar-refractivity contribution in [2.45, 2.75) is 13.3 Å². The van der Waals surface area contributed by atoms with E-state index in [0.29, 0.717) is 25.2 Å². The number of hydrogen-bond acceptors (Lipinski definition) is 4. The summed E-state index contributed by atoms with van der Waals surface area (Å²) >= 11 is 0. The Morgan fingerprint density at radius 2 is 1.85 bits per heavy atom. The predicted octanol–water partition coefficient (Wildman–Crippen LogP) is 2.53. The molecule has 7 heteroatoms. The first-order valence-electron chi connectivity index (χ1n) is 8.63. The molecule has 26 heavy (non-hydrogen) atoms. The highest BCUT2D eigenvalue weighted by atomic mass is 19.1. The zero-order valence-electron chi connectivity index (χ0n) is 14.6. The van der Waals surface area contributed by atoms with Gasteiger partial charge < -0.3 is 15.1 Å². The summed E-state index contributed by atoms with van der Waals surface area (Å²) in [5.74, 6) is -0.111. The Balaban J connectivity index is 1.60. The number of benzene rings is 1. The van der Waals surface area contributed by atoms with Crippen molar-refractivity contribution in [2.24, 2.45) is 0 Å². The lowest BCUT2D eigenvalue weighted by Gasteiger charge is -2.35. The molecule has 1 fully saturated rings. The molecule has 2 heterocycles. The first kappa shape index (κ1) is 17.8. The first-order chi connectivity index (χ1) is 12.6. The number of rotatable bonds is 4. The van der Waals surface area contributed by atoms with Crippen LogP contribution in [0.5, 0.6) is 0 Å². The van der Waals surface area contributed by atoms with Crippen LogP contribution in [0.1, 0.15) is 23.7 Å². The van der Waals surface area contributed by atoms with Gasteiger partial charge in [-0.1, -0.05) is 19.1 Å². The lowest BCUT2D eigenvalue weighted by Crippen LogP contribution is -2.48. The normalized spacial score (nSPS) is 14.2. The van der Waals surface area contributed by atoms with Gasteiger partial charge in [0.2, 0.25) is 5.91 Å². The topological polar surface area (TPSA) is 65.5 Å². The second kappa shape index (κ2) is 7.95. The second-order valence-corrected chi connectivity index (χ2v) is 6.06. The Morgan fingerprint density at radius 1 is 1.12 bits per heavy atom. The molecule has 1 aliphatic heterocycles. The fraction of sp³-hybridized carbons (Fsp3) is 0.316. The third kappa shape index (κ3) is 3.99. The number of nitrogens with zero attached hydrogens (tertiary/aromatic N) is 3. The molecule has 1 saturated heterocycles. The van der Waals surface area contributed by atoms with Gasteiger partial charge in [0, 0.05) is 32.6 Å². The standard InChI is InChI=1S/C19H21FN4O2/c1-2-18(25)24-11-9-23(10-12-24)17-8-7-14(13-21-17)22-19(26)15-5-3-4-6-16(15)20/h3-8,13H,2,9-12H2,1H3,(H,22,26). The molecule has 0 spiro atoms. The van der Waals surface area contributed by atoms with Crippen LogP contribution in [0.4, 0.5) is 15.9 Å². The van der Waals surface area contributed by atoms with Crippen molar-refractivity contribution in [3.63, 3.8) is 0 Å². The summed E-state index contributed by atoms with van der Waals surface area (Å²) in [6.45, 7) is 4.67. The average Bonchev–Trinajstić information content (AvgIpc) is 2.68. The van der Waals surface area contributed by atoms with Crippen LogP contribution in [0.3, 0.4) is 0 Å². The minimum absolute atomic E-state index is 0.00621. The molecular formula is C19H21FN4O2. The van der Waals surface area contributed by atoms with E-state index in [9.17, 15) is 14.0 Å². The lowest BCUT2D eigenvalue weighted by atomic mass is 10.2. The van der Waals surface area contributed by atoms with E-state index in [1.807, 2.05) is 17.9 Å². The van der Waals surface area contributed by atoms with Crippen molar-refractivity contribution in [3.8, 4) is 0 Å². The molecule has 1 aromatic carbocycles. The Kier molecular flexibility index (Phi) is 5.46. The fourth-order valence-corrected chi connectivity index (χ4v) is 2.90. The van der Waals surface area contributed by atoms with Crippen LogP contribution >= 0.6 is 0 Å².